The zero-order chi connectivity index (χ0) is 14.3. The molecule has 5 heteroatoms. The van der Waals surface area contributed by atoms with Gasteiger partial charge in [-0.1, -0.05) is 0 Å². The molecule has 0 fully saturated rings. The van der Waals surface area contributed by atoms with Crippen molar-refractivity contribution in [3.63, 3.8) is 0 Å². The fourth-order valence-corrected chi connectivity index (χ4v) is 2.14. The molecule has 1 rings (SSSR count). The van der Waals surface area contributed by atoms with Gasteiger partial charge < -0.3 is 14.6 Å². The Hall–Kier alpha value is -1.36. The molecule has 0 aliphatic heterocycles. The summed E-state index contributed by atoms with van der Waals surface area (Å²) in [5.74, 6) is 0.880. The topological polar surface area (TPSA) is 55.8 Å². The summed E-state index contributed by atoms with van der Waals surface area (Å²) in [6.45, 7) is 0. The smallest absolute Gasteiger partial charge is 0.306 e. The van der Waals surface area contributed by atoms with E-state index in [2.05, 4.69) is 12.6 Å². The highest BCUT2D eigenvalue weighted by Gasteiger charge is 2.19. The molecule has 106 valence electrons. The fraction of sp³-hybridized carbons (Fsp3) is 0.500. The molecule has 0 spiro atoms. The predicted molar refractivity (Wildman–Crippen MR) is 77.5 cm³/mol. The second-order valence-electron chi connectivity index (χ2n) is 4.28. The lowest BCUT2D eigenvalue weighted by Gasteiger charge is -2.15. The maximum Gasteiger partial charge on any atom is 0.306 e. The van der Waals surface area contributed by atoms with Crippen molar-refractivity contribution in [1.82, 2.24) is 0 Å². The number of methoxy groups -OCH3 is 2. The molecule has 0 aliphatic rings. The standard InChI is InChI=1S/C14H20O4S/c1-17-12-5-6-13(18-2)11(9-12)8-10(14(15)16)4-3-7-19/h5-6,9-10,19H,3-4,7-8H2,1-2H3,(H,15,16). The average Bonchev–Trinajstić information content (AvgIpc) is 2.42. The monoisotopic (exact) mass is 284 g/mol. The second-order valence-corrected chi connectivity index (χ2v) is 4.73. The molecule has 19 heavy (non-hydrogen) atoms. The molecule has 0 aliphatic carbocycles. The minimum Gasteiger partial charge on any atom is -0.497 e. The molecule has 4 nitrogen and oxygen atoms in total. The van der Waals surface area contributed by atoms with E-state index in [1.165, 1.54) is 0 Å². The highest BCUT2D eigenvalue weighted by molar-refractivity contribution is 7.80. The van der Waals surface area contributed by atoms with Gasteiger partial charge in [0.1, 0.15) is 11.5 Å². The summed E-state index contributed by atoms with van der Waals surface area (Å²) >= 11 is 4.12. The number of hydrogen-bond donors (Lipinski definition) is 2. The van der Waals surface area contributed by atoms with Crippen LogP contribution in [0.5, 0.6) is 11.5 Å². The van der Waals surface area contributed by atoms with Gasteiger partial charge in [0.15, 0.2) is 0 Å². The Labute approximate surface area is 119 Å². The van der Waals surface area contributed by atoms with E-state index in [1.807, 2.05) is 6.07 Å². The first-order valence-electron chi connectivity index (χ1n) is 6.17. The van der Waals surface area contributed by atoms with Gasteiger partial charge in [-0.15, -0.1) is 0 Å². The van der Waals surface area contributed by atoms with Crippen LogP contribution in [0.15, 0.2) is 18.2 Å². The third kappa shape index (κ3) is 4.67. The largest absolute Gasteiger partial charge is 0.497 e. The van der Waals surface area contributed by atoms with Gasteiger partial charge in [-0.05, 0) is 48.8 Å². The first-order valence-corrected chi connectivity index (χ1v) is 6.80. The maximum absolute atomic E-state index is 11.3. The molecule has 0 heterocycles. The van der Waals surface area contributed by atoms with Gasteiger partial charge in [0, 0.05) is 0 Å². The van der Waals surface area contributed by atoms with Crippen LogP contribution in [0.25, 0.3) is 0 Å². The van der Waals surface area contributed by atoms with Gasteiger partial charge in [0.2, 0.25) is 0 Å². The summed E-state index contributed by atoms with van der Waals surface area (Å²) in [7, 11) is 3.16. The summed E-state index contributed by atoms with van der Waals surface area (Å²) in [4.78, 5) is 11.3. The second kappa shape index (κ2) is 7.94. The van der Waals surface area contributed by atoms with Crippen LogP contribution in [-0.4, -0.2) is 31.0 Å². The van der Waals surface area contributed by atoms with Gasteiger partial charge in [0.25, 0.3) is 0 Å². The lowest BCUT2D eigenvalue weighted by molar-refractivity contribution is -0.141. The van der Waals surface area contributed by atoms with E-state index in [4.69, 9.17) is 9.47 Å². The zero-order valence-corrected chi connectivity index (χ0v) is 12.2. The van der Waals surface area contributed by atoms with Crippen LogP contribution in [0.1, 0.15) is 18.4 Å². The van der Waals surface area contributed by atoms with Crippen LogP contribution in [0.3, 0.4) is 0 Å². The minimum absolute atomic E-state index is 0.423. The molecule has 1 aromatic rings. The summed E-state index contributed by atoms with van der Waals surface area (Å²) in [5, 5.41) is 9.25. The SMILES string of the molecule is COc1ccc(OC)c(CC(CCCS)C(=O)O)c1. The Morgan fingerprint density at radius 2 is 2.11 bits per heavy atom. The molecule has 1 aromatic carbocycles. The molecule has 1 atom stereocenters. The van der Waals surface area contributed by atoms with Crippen LogP contribution in [-0.2, 0) is 11.2 Å². The van der Waals surface area contributed by atoms with E-state index < -0.39 is 11.9 Å². The Morgan fingerprint density at radius 3 is 2.63 bits per heavy atom. The van der Waals surface area contributed by atoms with Crippen LogP contribution in [0.2, 0.25) is 0 Å². The first kappa shape index (κ1) is 15.7. The lowest BCUT2D eigenvalue weighted by atomic mass is 9.94. The van der Waals surface area contributed by atoms with Gasteiger partial charge in [-0.25, -0.2) is 0 Å². The van der Waals surface area contributed by atoms with Crippen molar-refractivity contribution in [2.24, 2.45) is 5.92 Å². The molecule has 0 amide bonds. The number of carboxylic acid groups (broad SMARTS) is 1. The van der Waals surface area contributed by atoms with Crippen LogP contribution >= 0.6 is 12.6 Å². The summed E-state index contributed by atoms with van der Waals surface area (Å²) in [5.41, 5.74) is 0.855. The van der Waals surface area contributed by atoms with Crippen molar-refractivity contribution in [3.05, 3.63) is 23.8 Å². The van der Waals surface area contributed by atoms with Crippen LogP contribution in [0, 0.1) is 5.92 Å². The number of benzene rings is 1. The highest BCUT2D eigenvalue weighted by Crippen LogP contribution is 2.27. The zero-order valence-electron chi connectivity index (χ0n) is 11.3. The van der Waals surface area contributed by atoms with E-state index in [9.17, 15) is 9.90 Å². The lowest BCUT2D eigenvalue weighted by Crippen LogP contribution is -2.17. The quantitative estimate of drug-likeness (QED) is 0.721. The van der Waals surface area contributed by atoms with E-state index in [0.29, 0.717) is 30.1 Å². The van der Waals surface area contributed by atoms with E-state index >= 15 is 0 Å². The first-order chi connectivity index (χ1) is 9.12. The van der Waals surface area contributed by atoms with E-state index in [-0.39, 0.29) is 0 Å². The fourth-order valence-electron chi connectivity index (χ4n) is 1.96. The molecular weight excluding hydrogens is 264 g/mol. The Morgan fingerprint density at radius 1 is 1.37 bits per heavy atom. The maximum atomic E-state index is 11.3. The van der Waals surface area contributed by atoms with Crippen LogP contribution in [0.4, 0.5) is 0 Å². The molecule has 1 unspecified atom stereocenters. The van der Waals surface area contributed by atoms with Crippen molar-refractivity contribution < 1.29 is 19.4 Å². The van der Waals surface area contributed by atoms with Crippen molar-refractivity contribution in [3.8, 4) is 11.5 Å². The van der Waals surface area contributed by atoms with Crippen molar-refractivity contribution in [2.75, 3.05) is 20.0 Å². The number of carboxylic acids is 1. The molecule has 1 N–H and O–H groups in total. The third-order valence-electron chi connectivity index (χ3n) is 3.01. The average molecular weight is 284 g/mol. The number of hydrogen-bond acceptors (Lipinski definition) is 4. The number of rotatable bonds is 8. The van der Waals surface area contributed by atoms with Gasteiger partial charge in [-0.3, -0.25) is 4.79 Å². The number of carbonyl (C=O) groups is 1. The normalized spacial score (nSPS) is 11.9. The molecule has 0 bridgehead atoms. The third-order valence-corrected chi connectivity index (χ3v) is 3.33. The minimum atomic E-state index is -0.786. The Balaban J connectivity index is 2.90. The molecular formula is C14H20O4S. The summed E-state index contributed by atoms with van der Waals surface area (Å²) < 4.78 is 10.4. The highest BCUT2D eigenvalue weighted by atomic mass is 32.1. The van der Waals surface area contributed by atoms with E-state index in [1.54, 1.807) is 26.4 Å². The number of aliphatic carboxylic acids is 1. The Kier molecular flexibility index (Phi) is 6.56. The molecule has 0 saturated heterocycles. The molecule has 0 saturated carbocycles. The van der Waals surface area contributed by atoms with Crippen molar-refractivity contribution in [2.45, 2.75) is 19.3 Å². The predicted octanol–water partition coefficient (Wildman–Crippen LogP) is 2.66. The van der Waals surface area contributed by atoms with Gasteiger partial charge >= 0.3 is 5.97 Å². The molecule has 0 aromatic heterocycles. The van der Waals surface area contributed by atoms with Gasteiger partial charge in [0.05, 0.1) is 20.1 Å². The summed E-state index contributed by atoms with van der Waals surface area (Å²) in [6.07, 6.45) is 1.83. The Bertz CT molecular complexity index is 420. The number of ether oxygens (including phenoxy) is 2. The number of thiol groups is 1. The van der Waals surface area contributed by atoms with Crippen molar-refractivity contribution in [1.29, 1.82) is 0 Å². The van der Waals surface area contributed by atoms with Gasteiger partial charge in [-0.2, -0.15) is 12.6 Å². The van der Waals surface area contributed by atoms with Crippen molar-refractivity contribution >= 4 is 18.6 Å². The van der Waals surface area contributed by atoms with Crippen LogP contribution < -0.4 is 9.47 Å². The summed E-state index contributed by atoms with van der Waals surface area (Å²) in [6, 6.07) is 5.42. The molecule has 0 radical (unpaired) electrons. The van der Waals surface area contributed by atoms with E-state index in [0.717, 1.165) is 12.0 Å².